The van der Waals surface area contributed by atoms with Crippen molar-refractivity contribution >= 4 is 0 Å². The summed E-state index contributed by atoms with van der Waals surface area (Å²) in [5.74, 6) is 0. The molecule has 0 aliphatic heterocycles. The quantitative estimate of drug-likeness (QED) is 0.729. The lowest BCUT2D eigenvalue weighted by atomic mass is 9.77. The van der Waals surface area contributed by atoms with Crippen LogP contribution in [0.3, 0.4) is 0 Å². The van der Waals surface area contributed by atoms with Crippen LogP contribution in [0.4, 0.5) is 0 Å². The van der Waals surface area contributed by atoms with E-state index in [0.29, 0.717) is 6.54 Å². The second-order valence-corrected chi connectivity index (χ2v) is 4.00. The second-order valence-electron chi connectivity index (χ2n) is 4.00. The first-order valence-corrected chi connectivity index (χ1v) is 5.08. The minimum atomic E-state index is -0.296. The predicted octanol–water partition coefficient (Wildman–Crippen LogP) is 0.823. The third kappa shape index (κ3) is 1.33. The van der Waals surface area contributed by atoms with Crippen LogP contribution in [0.25, 0.3) is 0 Å². The Morgan fingerprint density at radius 2 is 2.21 bits per heavy atom. The summed E-state index contributed by atoms with van der Waals surface area (Å²) < 4.78 is 0. The molecule has 1 aliphatic carbocycles. The average molecular weight is 192 g/mol. The Morgan fingerprint density at radius 3 is 2.71 bits per heavy atom. The molecule has 3 N–H and O–H groups in total. The van der Waals surface area contributed by atoms with Gasteiger partial charge in [-0.05, 0) is 37.0 Å². The first kappa shape index (κ1) is 9.62. The van der Waals surface area contributed by atoms with Crippen molar-refractivity contribution < 1.29 is 5.11 Å². The summed E-state index contributed by atoms with van der Waals surface area (Å²) in [5.41, 5.74) is 6.72. The Balaban J connectivity index is 2.38. The number of aromatic nitrogens is 1. The van der Waals surface area contributed by atoms with Gasteiger partial charge in [0.15, 0.2) is 0 Å². The molecule has 1 aromatic rings. The van der Waals surface area contributed by atoms with Gasteiger partial charge in [-0.1, -0.05) is 0 Å². The van der Waals surface area contributed by atoms with Gasteiger partial charge >= 0.3 is 0 Å². The summed E-state index contributed by atoms with van der Waals surface area (Å²) in [7, 11) is 0. The summed E-state index contributed by atoms with van der Waals surface area (Å²) in [4.78, 5) is 3.98. The Morgan fingerprint density at radius 1 is 1.50 bits per heavy atom. The van der Waals surface area contributed by atoms with Gasteiger partial charge in [-0.3, -0.25) is 4.98 Å². The van der Waals surface area contributed by atoms with E-state index in [2.05, 4.69) is 4.98 Å². The van der Waals surface area contributed by atoms with Crippen molar-refractivity contribution in [3.05, 3.63) is 30.1 Å². The van der Waals surface area contributed by atoms with Gasteiger partial charge in [0.1, 0.15) is 0 Å². The molecule has 3 nitrogen and oxygen atoms in total. The van der Waals surface area contributed by atoms with E-state index in [-0.39, 0.29) is 11.5 Å². The van der Waals surface area contributed by atoms with Crippen LogP contribution in [-0.4, -0.2) is 22.7 Å². The Hall–Kier alpha value is -0.930. The number of nitrogens with zero attached hydrogens (tertiary/aromatic N) is 1. The number of rotatable bonds is 2. The van der Waals surface area contributed by atoms with Gasteiger partial charge in [0, 0.05) is 24.4 Å². The number of pyridine rings is 1. The second kappa shape index (κ2) is 3.67. The smallest absolute Gasteiger partial charge is 0.0649 e. The summed E-state index contributed by atoms with van der Waals surface area (Å²) >= 11 is 0. The molecule has 0 bridgehead atoms. The van der Waals surface area contributed by atoms with Crippen LogP contribution >= 0.6 is 0 Å². The molecule has 14 heavy (non-hydrogen) atoms. The highest BCUT2D eigenvalue weighted by molar-refractivity contribution is 5.27. The number of hydrogen-bond acceptors (Lipinski definition) is 3. The highest BCUT2D eigenvalue weighted by atomic mass is 16.3. The van der Waals surface area contributed by atoms with Crippen molar-refractivity contribution in [3.63, 3.8) is 0 Å². The van der Waals surface area contributed by atoms with E-state index in [1.54, 1.807) is 12.4 Å². The van der Waals surface area contributed by atoms with Gasteiger partial charge in [0.2, 0.25) is 0 Å². The standard InChI is InChI=1S/C11H16N2O/c12-8-11(5-1-2-10(11)14)9-3-6-13-7-4-9/h3-4,6-7,10,14H,1-2,5,8,12H2. The molecule has 3 heteroatoms. The average Bonchev–Trinajstić information content (AvgIpc) is 2.62. The van der Waals surface area contributed by atoms with E-state index in [9.17, 15) is 5.11 Å². The monoisotopic (exact) mass is 192 g/mol. The van der Waals surface area contributed by atoms with Gasteiger partial charge < -0.3 is 10.8 Å². The molecule has 2 rings (SSSR count). The number of hydrogen-bond donors (Lipinski definition) is 2. The maximum absolute atomic E-state index is 9.99. The van der Waals surface area contributed by atoms with E-state index in [1.807, 2.05) is 12.1 Å². The third-order valence-corrected chi connectivity index (χ3v) is 3.36. The van der Waals surface area contributed by atoms with Crippen LogP contribution in [0.1, 0.15) is 24.8 Å². The van der Waals surface area contributed by atoms with Crippen molar-refractivity contribution in [1.29, 1.82) is 0 Å². The fourth-order valence-electron chi connectivity index (χ4n) is 2.43. The molecule has 0 saturated heterocycles. The summed E-state index contributed by atoms with van der Waals surface area (Å²) in [5, 5.41) is 9.99. The SMILES string of the molecule is NCC1(c2ccncc2)CCCC1O. The van der Waals surface area contributed by atoms with Gasteiger partial charge in [-0.25, -0.2) is 0 Å². The molecule has 0 amide bonds. The van der Waals surface area contributed by atoms with Crippen LogP contribution in [0, 0.1) is 0 Å². The summed E-state index contributed by atoms with van der Waals surface area (Å²) in [6.45, 7) is 0.512. The van der Waals surface area contributed by atoms with Crippen LogP contribution in [0.15, 0.2) is 24.5 Å². The lowest BCUT2D eigenvalue weighted by Crippen LogP contribution is -2.41. The van der Waals surface area contributed by atoms with Crippen LogP contribution < -0.4 is 5.73 Å². The van der Waals surface area contributed by atoms with Gasteiger partial charge in [0.05, 0.1) is 6.10 Å². The Bertz CT molecular complexity index is 301. The topological polar surface area (TPSA) is 59.1 Å². The minimum absolute atomic E-state index is 0.219. The fraction of sp³-hybridized carbons (Fsp3) is 0.545. The lowest BCUT2D eigenvalue weighted by molar-refractivity contribution is 0.110. The number of aliphatic hydroxyl groups excluding tert-OH is 1. The molecular formula is C11H16N2O. The normalized spacial score (nSPS) is 32.0. The van der Waals surface area contributed by atoms with E-state index >= 15 is 0 Å². The molecular weight excluding hydrogens is 176 g/mol. The molecule has 1 saturated carbocycles. The molecule has 0 aromatic carbocycles. The Labute approximate surface area is 84.0 Å². The van der Waals surface area contributed by atoms with Crippen LogP contribution in [0.2, 0.25) is 0 Å². The zero-order valence-electron chi connectivity index (χ0n) is 8.19. The zero-order valence-corrected chi connectivity index (χ0v) is 8.19. The lowest BCUT2D eigenvalue weighted by Gasteiger charge is -2.31. The van der Waals surface area contributed by atoms with Crippen molar-refractivity contribution in [2.45, 2.75) is 30.8 Å². The Kier molecular flexibility index (Phi) is 2.52. The molecule has 2 atom stereocenters. The molecule has 2 unspecified atom stereocenters. The van der Waals surface area contributed by atoms with Crippen LogP contribution in [0.5, 0.6) is 0 Å². The first-order chi connectivity index (χ1) is 6.79. The van der Waals surface area contributed by atoms with Crippen molar-refractivity contribution in [2.75, 3.05) is 6.54 Å². The predicted molar refractivity (Wildman–Crippen MR) is 54.8 cm³/mol. The van der Waals surface area contributed by atoms with Crippen LogP contribution in [-0.2, 0) is 5.41 Å². The van der Waals surface area contributed by atoms with E-state index in [4.69, 9.17) is 5.73 Å². The molecule has 1 aromatic heterocycles. The maximum atomic E-state index is 9.99. The highest BCUT2D eigenvalue weighted by Crippen LogP contribution is 2.40. The fourth-order valence-corrected chi connectivity index (χ4v) is 2.43. The van der Waals surface area contributed by atoms with Crippen molar-refractivity contribution in [3.8, 4) is 0 Å². The van der Waals surface area contributed by atoms with E-state index < -0.39 is 0 Å². The first-order valence-electron chi connectivity index (χ1n) is 5.08. The number of nitrogens with two attached hydrogens (primary N) is 1. The van der Waals surface area contributed by atoms with Gasteiger partial charge in [-0.15, -0.1) is 0 Å². The molecule has 1 fully saturated rings. The van der Waals surface area contributed by atoms with Gasteiger partial charge in [0.25, 0.3) is 0 Å². The van der Waals surface area contributed by atoms with Gasteiger partial charge in [-0.2, -0.15) is 0 Å². The van der Waals surface area contributed by atoms with E-state index in [1.165, 1.54) is 0 Å². The number of aliphatic hydroxyl groups is 1. The maximum Gasteiger partial charge on any atom is 0.0649 e. The zero-order chi connectivity index (χ0) is 10.0. The summed E-state index contributed by atoms with van der Waals surface area (Å²) in [6, 6.07) is 3.92. The highest BCUT2D eigenvalue weighted by Gasteiger charge is 2.42. The van der Waals surface area contributed by atoms with Crippen molar-refractivity contribution in [1.82, 2.24) is 4.98 Å². The molecule has 1 heterocycles. The molecule has 76 valence electrons. The largest absolute Gasteiger partial charge is 0.392 e. The third-order valence-electron chi connectivity index (χ3n) is 3.36. The molecule has 0 spiro atoms. The summed E-state index contributed by atoms with van der Waals surface area (Å²) in [6.07, 6.45) is 6.12. The molecule has 0 radical (unpaired) electrons. The van der Waals surface area contributed by atoms with Crippen molar-refractivity contribution in [2.24, 2.45) is 5.73 Å². The molecule has 1 aliphatic rings. The van der Waals surface area contributed by atoms with E-state index in [0.717, 1.165) is 24.8 Å². The minimum Gasteiger partial charge on any atom is -0.392 e.